The molecule has 10 heteroatoms. The van der Waals surface area contributed by atoms with Crippen molar-refractivity contribution in [2.45, 2.75) is 17.6 Å². The molecular formula is C21H16Cl2N2O5S. The van der Waals surface area contributed by atoms with Crippen molar-refractivity contribution < 1.29 is 23.1 Å². The van der Waals surface area contributed by atoms with Crippen LogP contribution in [-0.2, 0) is 21.4 Å². The first kappa shape index (κ1) is 21.5. The molecular weight excluding hydrogens is 463 g/mol. The van der Waals surface area contributed by atoms with Crippen molar-refractivity contribution in [1.29, 1.82) is 0 Å². The first-order chi connectivity index (χ1) is 14.8. The summed E-state index contributed by atoms with van der Waals surface area (Å²) in [4.78, 5) is 11.7. The summed E-state index contributed by atoms with van der Waals surface area (Å²) < 4.78 is 33.2. The first-order valence-electron chi connectivity index (χ1n) is 9.08. The third-order valence-electron chi connectivity index (χ3n) is 4.60. The number of hydrogen-bond donors (Lipinski definition) is 2. The van der Waals surface area contributed by atoms with E-state index in [1.165, 1.54) is 12.1 Å². The topological polar surface area (TPSA) is 95.9 Å². The number of fused-ring (bicyclic) bond motifs is 1. The van der Waals surface area contributed by atoms with Gasteiger partial charge < -0.3 is 15.2 Å². The maximum absolute atomic E-state index is 13.3. The van der Waals surface area contributed by atoms with Crippen molar-refractivity contribution in [3.05, 3.63) is 82.3 Å². The summed E-state index contributed by atoms with van der Waals surface area (Å²) in [5.74, 6) is -0.252. The van der Waals surface area contributed by atoms with Crippen LogP contribution in [0.15, 0.2) is 71.6 Å². The van der Waals surface area contributed by atoms with Gasteiger partial charge in [0.1, 0.15) is 16.4 Å². The summed E-state index contributed by atoms with van der Waals surface area (Å²) in [5, 5.41) is 12.5. The van der Waals surface area contributed by atoms with Crippen molar-refractivity contribution in [1.82, 2.24) is 4.31 Å². The van der Waals surface area contributed by atoms with Crippen LogP contribution in [0.3, 0.4) is 0 Å². The third-order valence-corrected chi connectivity index (χ3v) is 7.15. The Morgan fingerprint density at radius 3 is 2.45 bits per heavy atom. The molecule has 1 atom stereocenters. The molecule has 4 rings (SSSR count). The summed E-state index contributed by atoms with van der Waals surface area (Å²) >= 11 is 12.1. The van der Waals surface area contributed by atoms with Gasteiger partial charge in [0.05, 0.1) is 10.7 Å². The largest absolute Gasteiger partial charge is 0.479 e. The molecule has 0 bridgehead atoms. The maximum atomic E-state index is 13.3. The number of nitrogens with zero attached hydrogens (tertiary/aromatic N) is 1. The predicted octanol–water partition coefficient (Wildman–Crippen LogP) is 4.81. The molecule has 0 amide bonds. The summed E-state index contributed by atoms with van der Waals surface area (Å²) in [6.07, 6.45) is -1.54. The molecule has 1 unspecified atom stereocenters. The second-order valence-electron chi connectivity index (χ2n) is 6.76. The Balaban J connectivity index is 1.70. The summed E-state index contributed by atoms with van der Waals surface area (Å²) in [6.45, 7) is -0.212. The Kier molecular flexibility index (Phi) is 5.81. The molecule has 160 valence electrons. The van der Waals surface area contributed by atoms with Gasteiger partial charge in [0.2, 0.25) is 10.0 Å². The van der Waals surface area contributed by atoms with Crippen LogP contribution in [0.2, 0.25) is 10.0 Å². The van der Waals surface area contributed by atoms with E-state index in [4.69, 9.17) is 27.9 Å². The number of aliphatic carboxylic acids is 1. The lowest BCUT2D eigenvalue weighted by molar-refractivity contribution is -0.140. The fourth-order valence-corrected chi connectivity index (χ4v) is 5.74. The Morgan fingerprint density at radius 1 is 1.03 bits per heavy atom. The number of rotatable bonds is 5. The smallest absolute Gasteiger partial charge is 0.342 e. The van der Waals surface area contributed by atoms with Crippen molar-refractivity contribution in [2.75, 3.05) is 5.32 Å². The van der Waals surface area contributed by atoms with E-state index in [-0.39, 0.29) is 27.2 Å². The molecule has 3 aromatic rings. The van der Waals surface area contributed by atoms with E-state index in [2.05, 4.69) is 5.32 Å². The first-order valence-corrected chi connectivity index (χ1v) is 11.3. The average Bonchev–Trinajstić information content (AvgIpc) is 2.70. The van der Waals surface area contributed by atoms with E-state index < -0.39 is 22.2 Å². The molecule has 0 saturated heterocycles. The number of benzene rings is 3. The highest BCUT2D eigenvalue weighted by Crippen LogP contribution is 2.40. The summed E-state index contributed by atoms with van der Waals surface area (Å²) in [6, 6.07) is 18.5. The number of para-hydroxylation sites is 1. The molecule has 0 aliphatic carbocycles. The molecule has 3 aromatic carbocycles. The molecule has 1 aliphatic rings. The average molecular weight is 479 g/mol. The lowest BCUT2D eigenvalue weighted by atomic mass is 10.2. The molecule has 1 heterocycles. The van der Waals surface area contributed by atoms with E-state index in [1.807, 2.05) is 18.2 Å². The minimum Gasteiger partial charge on any atom is -0.479 e. The van der Waals surface area contributed by atoms with E-state index in [1.54, 1.807) is 36.4 Å². The normalized spacial score (nSPS) is 17.4. The van der Waals surface area contributed by atoms with Crippen LogP contribution in [0.25, 0.3) is 0 Å². The Morgan fingerprint density at radius 2 is 1.74 bits per heavy atom. The van der Waals surface area contributed by atoms with Crippen LogP contribution in [0.1, 0.15) is 5.56 Å². The van der Waals surface area contributed by atoms with E-state index in [9.17, 15) is 18.3 Å². The Bertz CT molecular complexity index is 1250. The SMILES string of the molecule is O=C(O)C1Nc2cc(Cl)cc(Cl)c2S(=O)(=O)N1Cc1cccc(Oc2ccccc2)c1. The number of carbonyl (C=O) groups is 1. The van der Waals surface area contributed by atoms with Crippen LogP contribution >= 0.6 is 23.2 Å². The Hall–Kier alpha value is -2.78. The third kappa shape index (κ3) is 4.33. The van der Waals surface area contributed by atoms with Gasteiger partial charge in [-0.15, -0.1) is 0 Å². The molecule has 0 fully saturated rings. The van der Waals surface area contributed by atoms with Gasteiger partial charge >= 0.3 is 5.97 Å². The number of halogens is 2. The minimum atomic E-state index is -4.24. The van der Waals surface area contributed by atoms with Gasteiger partial charge in [-0.1, -0.05) is 53.5 Å². The van der Waals surface area contributed by atoms with Crippen molar-refractivity contribution in [3.8, 4) is 11.5 Å². The molecule has 0 spiro atoms. The highest BCUT2D eigenvalue weighted by atomic mass is 35.5. The highest BCUT2D eigenvalue weighted by molar-refractivity contribution is 7.89. The second kappa shape index (κ2) is 8.39. The number of sulfonamides is 1. The zero-order valence-corrected chi connectivity index (χ0v) is 18.2. The number of ether oxygens (including phenoxy) is 1. The quantitative estimate of drug-likeness (QED) is 0.545. The monoisotopic (exact) mass is 478 g/mol. The minimum absolute atomic E-state index is 0.0438. The molecule has 0 aromatic heterocycles. The number of anilines is 1. The van der Waals surface area contributed by atoms with Crippen molar-refractivity contribution in [2.24, 2.45) is 0 Å². The number of hydrogen-bond acceptors (Lipinski definition) is 5. The molecule has 0 saturated carbocycles. The summed E-state index contributed by atoms with van der Waals surface area (Å²) in [7, 11) is -4.24. The van der Waals surface area contributed by atoms with Gasteiger partial charge in [-0.05, 0) is 42.0 Å². The lowest BCUT2D eigenvalue weighted by Crippen LogP contribution is -2.52. The van der Waals surface area contributed by atoms with Gasteiger partial charge in [-0.25, -0.2) is 13.2 Å². The molecule has 2 N–H and O–H groups in total. The second-order valence-corrected chi connectivity index (χ2v) is 9.43. The van der Waals surface area contributed by atoms with Gasteiger partial charge in [0, 0.05) is 11.6 Å². The van der Waals surface area contributed by atoms with E-state index in [0.29, 0.717) is 17.1 Å². The molecule has 0 radical (unpaired) electrons. The number of carboxylic acids is 1. The van der Waals surface area contributed by atoms with Crippen LogP contribution in [0.5, 0.6) is 11.5 Å². The predicted molar refractivity (Wildman–Crippen MR) is 117 cm³/mol. The Labute approximate surface area is 188 Å². The fraction of sp³-hybridized carbons (Fsp3) is 0.0952. The number of nitrogens with one attached hydrogen (secondary N) is 1. The summed E-state index contributed by atoms with van der Waals surface area (Å²) in [5.41, 5.74) is 0.584. The van der Waals surface area contributed by atoms with Crippen LogP contribution in [0.4, 0.5) is 5.69 Å². The van der Waals surface area contributed by atoms with Crippen LogP contribution in [-0.4, -0.2) is 30.0 Å². The highest BCUT2D eigenvalue weighted by Gasteiger charge is 2.43. The molecule has 1 aliphatic heterocycles. The van der Waals surface area contributed by atoms with Crippen LogP contribution in [0, 0.1) is 0 Å². The van der Waals surface area contributed by atoms with Crippen molar-refractivity contribution in [3.63, 3.8) is 0 Å². The molecule has 7 nitrogen and oxygen atoms in total. The fourth-order valence-electron chi connectivity index (χ4n) is 3.28. The molecule has 31 heavy (non-hydrogen) atoms. The van der Waals surface area contributed by atoms with Gasteiger partial charge in [-0.3, -0.25) is 0 Å². The lowest BCUT2D eigenvalue weighted by Gasteiger charge is -2.35. The van der Waals surface area contributed by atoms with Crippen molar-refractivity contribution >= 4 is 44.9 Å². The zero-order valence-electron chi connectivity index (χ0n) is 15.8. The van der Waals surface area contributed by atoms with Gasteiger partial charge in [-0.2, -0.15) is 4.31 Å². The van der Waals surface area contributed by atoms with Crippen LogP contribution < -0.4 is 10.1 Å². The standard InChI is InChI=1S/C21H16Cl2N2O5S/c22-14-10-17(23)19-18(11-14)24-20(21(26)27)25(31(19,28)29)12-13-5-4-8-16(9-13)30-15-6-2-1-3-7-15/h1-11,20,24H,12H2,(H,26,27). The van der Waals surface area contributed by atoms with Gasteiger partial charge in [0.15, 0.2) is 6.17 Å². The van der Waals surface area contributed by atoms with Gasteiger partial charge in [0.25, 0.3) is 0 Å². The van der Waals surface area contributed by atoms with E-state index >= 15 is 0 Å². The maximum Gasteiger partial charge on any atom is 0.342 e. The number of carboxylic acid groups (broad SMARTS) is 1. The zero-order chi connectivity index (χ0) is 22.2. The van der Waals surface area contributed by atoms with E-state index in [0.717, 1.165) is 4.31 Å².